The zero-order chi connectivity index (χ0) is 16.0. The van der Waals surface area contributed by atoms with Crippen molar-refractivity contribution in [1.82, 2.24) is 5.32 Å². The lowest BCUT2D eigenvalue weighted by atomic mass is 9.86. The molecule has 1 N–H and O–H groups in total. The molecule has 4 heteroatoms. The fourth-order valence-corrected chi connectivity index (χ4v) is 2.47. The zero-order valence-corrected chi connectivity index (χ0v) is 14.9. The van der Waals surface area contributed by atoms with Gasteiger partial charge in [-0.1, -0.05) is 38.4 Å². The number of halogens is 1. The van der Waals surface area contributed by atoms with Crippen molar-refractivity contribution in [3.8, 4) is 0 Å². The third-order valence-electron chi connectivity index (χ3n) is 4.09. The summed E-state index contributed by atoms with van der Waals surface area (Å²) in [4.78, 5) is 2.32. The van der Waals surface area contributed by atoms with Crippen LogP contribution in [0.5, 0.6) is 0 Å². The fraction of sp³-hybridized carbons (Fsp3) is 0.647. The molecule has 1 rings (SSSR count). The number of rotatable bonds is 7. The van der Waals surface area contributed by atoms with E-state index in [4.69, 9.17) is 16.3 Å². The van der Waals surface area contributed by atoms with Crippen molar-refractivity contribution in [2.45, 2.75) is 40.3 Å². The molecule has 0 aliphatic rings. The van der Waals surface area contributed by atoms with Crippen LogP contribution in [-0.4, -0.2) is 33.4 Å². The molecule has 0 aromatic heterocycles. The first-order valence-electron chi connectivity index (χ1n) is 7.49. The Morgan fingerprint density at radius 1 is 1.33 bits per heavy atom. The third kappa shape index (κ3) is 5.17. The lowest BCUT2D eigenvalue weighted by Gasteiger charge is -2.38. The summed E-state index contributed by atoms with van der Waals surface area (Å²) in [6.45, 7) is 11.3. The normalized spacial score (nSPS) is 13.3. The molecule has 0 saturated heterocycles. The van der Waals surface area contributed by atoms with Gasteiger partial charge in [-0.3, -0.25) is 0 Å². The molecular formula is C17H29ClN2O. The first kappa shape index (κ1) is 18.3. The molecule has 0 bridgehead atoms. The highest BCUT2D eigenvalue weighted by atomic mass is 35.5. The van der Waals surface area contributed by atoms with E-state index in [1.165, 1.54) is 5.69 Å². The summed E-state index contributed by atoms with van der Waals surface area (Å²) < 4.78 is 5.06. The molecule has 0 aliphatic carbocycles. The number of nitrogens with one attached hydrogen (secondary N) is 1. The molecule has 0 amide bonds. The van der Waals surface area contributed by atoms with Crippen LogP contribution in [0.4, 0.5) is 5.69 Å². The summed E-state index contributed by atoms with van der Waals surface area (Å²) in [6, 6.07) is 6.52. The molecule has 0 aliphatic heterocycles. The van der Waals surface area contributed by atoms with Gasteiger partial charge in [-0.15, -0.1) is 0 Å². The van der Waals surface area contributed by atoms with Crippen LogP contribution < -0.4 is 10.2 Å². The summed E-state index contributed by atoms with van der Waals surface area (Å²) in [5, 5.41) is 4.19. The van der Waals surface area contributed by atoms with Gasteiger partial charge < -0.3 is 15.0 Å². The Morgan fingerprint density at radius 2 is 2.00 bits per heavy atom. The van der Waals surface area contributed by atoms with E-state index in [1.54, 1.807) is 7.11 Å². The van der Waals surface area contributed by atoms with Crippen LogP contribution in [0.15, 0.2) is 18.2 Å². The predicted molar refractivity (Wildman–Crippen MR) is 92.4 cm³/mol. The zero-order valence-electron chi connectivity index (χ0n) is 14.2. The maximum atomic E-state index is 6.41. The molecule has 1 aromatic rings. The Hall–Kier alpha value is -0.770. The van der Waals surface area contributed by atoms with E-state index in [0.29, 0.717) is 12.6 Å². The second kappa shape index (κ2) is 8.02. The maximum absolute atomic E-state index is 6.41. The average Bonchev–Trinajstić information content (AvgIpc) is 2.42. The van der Waals surface area contributed by atoms with Gasteiger partial charge in [0, 0.05) is 49.6 Å². The van der Waals surface area contributed by atoms with Gasteiger partial charge >= 0.3 is 0 Å². The average molecular weight is 313 g/mol. The predicted octanol–water partition coefficient (Wildman–Crippen LogP) is 3.95. The summed E-state index contributed by atoms with van der Waals surface area (Å²) in [5.74, 6) is 0. The summed E-state index contributed by atoms with van der Waals surface area (Å²) in [5.41, 5.74) is 2.54. The fourth-order valence-electron chi connectivity index (χ4n) is 2.23. The molecule has 1 unspecified atom stereocenters. The molecule has 120 valence electrons. The highest BCUT2D eigenvalue weighted by molar-refractivity contribution is 6.31. The first-order valence-corrected chi connectivity index (χ1v) is 7.86. The SMILES string of the molecule is COCCNCc1c(Cl)cccc1N(C)C(C)C(C)(C)C. The summed E-state index contributed by atoms with van der Waals surface area (Å²) in [6.07, 6.45) is 0. The van der Waals surface area contributed by atoms with Crippen molar-refractivity contribution in [2.75, 3.05) is 32.2 Å². The van der Waals surface area contributed by atoms with Gasteiger partial charge in [0.05, 0.1) is 6.61 Å². The van der Waals surface area contributed by atoms with Crippen molar-refractivity contribution in [3.05, 3.63) is 28.8 Å². The Balaban J connectivity index is 2.93. The number of hydrogen-bond donors (Lipinski definition) is 1. The second-order valence-electron chi connectivity index (χ2n) is 6.56. The Kier molecular flexibility index (Phi) is 6.98. The van der Waals surface area contributed by atoms with E-state index in [-0.39, 0.29) is 5.41 Å². The smallest absolute Gasteiger partial charge is 0.0587 e. The second-order valence-corrected chi connectivity index (χ2v) is 6.97. The topological polar surface area (TPSA) is 24.5 Å². The highest BCUT2D eigenvalue weighted by Crippen LogP contribution is 2.32. The molecule has 0 heterocycles. The number of benzene rings is 1. The van der Waals surface area contributed by atoms with Gasteiger partial charge in [0.25, 0.3) is 0 Å². The molecule has 0 fully saturated rings. The van der Waals surface area contributed by atoms with E-state index >= 15 is 0 Å². The third-order valence-corrected chi connectivity index (χ3v) is 4.45. The van der Waals surface area contributed by atoms with Gasteiger partial charge in [-0.2, -0.15) is 0 Å². The van der Waals surface area contributed by atoms with Crippen LogP contribution in [0.1, 0.15) is 33.3 Å². The molecule has 1 aromatic carbocycles. The molecule has 1 atom stereocenters. The quantitative estimate of drug-likeness (QED) is 0.772. The summed E-state index contributed by atoms with van der Waals surface area (Å²) in [7, 11) is 3.85. The highest BCUT2D eigenvalue weighted by Gasteiger charge is 2.25. The van der Waals surface area contributed by atoms with Gasteiger partial charge in [0.2, 0.25) is 0 Å². The van der Waals surface area contributed by atoms with Crippen molar-refractivity contribution < 1.29 is 4.74 Å². The largest absolute Gasteiger partial charge is 0.383 e. The molecular weight excluding hydrogens is 284 g/mol. The van der Waals surface area contributed by atoms with Crippen LogP contribution >= 0.6 is 11.6 Å². The number of ether oxygens (including phenoxy) is 1. The van der Waals surface area contributed by atoms with E-state index < -0.39 is 0 Å². The van der Waals surface area contributed by atoms with E-state index in [9.17, 15) is 0 Å². The van der Waals surface area contributed by atoms with Crippen molar-refractivity contribution in [3.63, 3.8) is 0 Å². The van der Waals surface area contributed by atoms with E-state index in [2.05, 4.69) is 51.0 Å². The molecule has 0 radical (unpaired) electrons. The summed E-state index contributed by atoms with van der Waals surface area (Å²) >= 11 is 6.41. The monoisotopic (exact) mass is 312 g/mol. The molecule has 3 nitrogen and oxygen atoms in total. The minimum absolute atomic E-state index is 0.206. The number of methoxy groups -OCH3 is 1. The Morgan fingerprint density at radius 3 is 2.57 bits per heavy atom. The Labute approximate surface area is 134 Å². The van der Waals surface area contributed by atoms with Gasteiger partial charge in [-0.25, -0.2) is 0 Å². The minimum atomic E-state index is 0.206. The lowest BCUT2D eigenvalue weighted by Crippen LogP contribution is -2.40. The van der Waals surface area contributed by atoms with Gasteiger partial charge in [-0.05, 0) is 24.5 Å². The van der Waals surface area contributed by atoms with Crippen LogP contribution in [0.2, 0.25) is 5.02 Å². The van der Waals surface area contributed by atoms with Crippen molar-refractivity contribution in [2.24, 2.45) is 5.41 Å². The van der Waals surface area contributed by atoms with Crippen LogP contribution in [0.3, 0.4) is 0 Å². The maximum Gasteiger partial charge on any atom is 0.0587 e. The first-order chi connectivity index (χ1) is 9.79. The van der Waals surface area contributed by atoms with Crippen molar-refractivity contribution in [1.29, 1.82) is 0 Å². The number of hydrogen-bond acceptors (Lipinski definition) is 3. The van der Waals surface area contributed by atoms with Gasteiger partial charge in [0.15, 0.2) is 0 Å². The Bertz CT molecular complexity index is 443. The minimum Gasteiger partial charge on any atom is -0.383 e. The van der Waals surface area contributed by atoms with E-state index in [0.717, 1.165) is 23.7 Å². The lowest BCUT2D eigenvalue weighted by molar-refractivity contribution is 0.199. The van der Waals surface area contributed by atoms with Gasteiger partial charge in [0.1, 0.15) is 0 Å². The molecule has 21 heavy (non-hydrogen) atoms. The molecule has 0 spiro atoms. The van der Waals surface area contributed by atoms with Crippen LogP contribution in [0, 0.1) is 5.41 Å². The molecule has 0 saturated carbocycles. The number of nitrogens with zero attached hydrogens (tertiary/aromatic N) is 1. The van der Waals surface area contributed by atoms with Crippen LogP contribution in [-0.2, 0) is 11.3 Å². The van der Waals surface area contributed by atoms with Crippen LogP contribution in [0.25, 0.3) is 0 Å². The van der Waals surface area contributed by atoms with Crippen molar-refractivity contribution >= 4 is 17.3 Å². The van der Waals surface area contributed by atoms with E-state index in [1.807, 2.05) is 12.1 Å². The number of anilines is 1. The standard InChI is InChI=1S/C17H29ClN2O/c1-13(17(2,3)4)20(5)16-9-7-8-15(18)14(16)12-19-10-11-21-6/h7-9,13,19H,10-12H2,1-6H3.